The largest absolute Gasteiger partial charge is 0.481 e. The quantitative estimate of drug-likeness (QED) is 0.921. The summed E-state index contributed by atoms with van der Waals surface area (Å²) in [7, 11) is 0. The van der Waals surface area contributed by atoms with Crippen LogP contribution < -0.4 is 0 Å². The molecule has 0 unspecified atom stereocenters. The molecule has 1 fully saturated rings. The highest BCUT2D eigenvalue weighted by Gasteiger charge is 2.52. The van der Waals surface area contributed by atoms with Crippen LogP contribution in [-0.2, 0) is 10.2 Å². The van der Waals surface area contributed by atoms with Gasteiger partial charge in [-0.25, -0.2) is 4.39 Å². The molecule has 0 heterocycles. The lowest BCUT2D eigenvalue weighted by Gasteiger charge is -2.15. The lowest BCUT2D eigenvalue weighted by atomic mass is 9.91. The lowest BCUT2D eigenvalue weighted by Crippen LogP contribution is -2.20. The fourth-order valence-electron chi connectivity index (χ4n) is 2.06. The molecule has 0 amide bonds. The van der Waals surface area contributed by atoms with Crippen LogP contribution in [0, 0.1) is 5.82 Å². The molecule has 2 nitrogen and oxygen atoms in total. The molecular weight excluding hydrogens is 287 g/mol. The molecule has 17 heavy (non-hydrogen) atoms. The third kappa shape index (κ3) is 1.99. The molecule has 1 N–H and O–H groups in total. The smallest absolute Gasteiger partial charge is 0.314 e. The zero-order valence-electron chi connectivity index (χ0n) is 9.76. The predicted octanol–water partition coefficient (Wildman–Crippen LogP) is 3.83. The Morgan fingerprint density at radius 1 is 1.47 bits per heavy atom. The third-order valence-electron chi connectivity index (χ3n) is 3.39. The summed E-state index contributed by atoms with van der Waals surface area (Å²) in [6.07, 6.45) is 1.27. The number of carbonyl (C=O) groups is 1. The summed E-state index contributed by atoms with van der Waals surface area (Å²) in [4.78, 5) is 11.3. The Hall–Kier alpha value is -0.900. The molecule has 92 valence electrons. The van der Waals surface area contributed by atoms with Crippen molar-refractivity contribution in [1.29, 1.82) is 0 Å². The summed E-state index contributed by atoms with van der Waals surface area (Å²) in [6.45, 7) is 3.80. The van der Waals surface area contributed by atoms with Crippen molar-refractivity contribution in [3.05, 3.63) is 33.5 Å². The number of hydrogen-bond donors (Lipinski definition) is 1. The summed E-state index contributed by atoms with van der Waals surface area (Å²) in [5.41, 5.74) is 0.503. The minimum Gasteiger partial charge on any atom is -0.481 e. The summed E-state index contributed by atoms with van der Waals surface area (Å²) in [5.74, 6) is -1.06. The van der Waals surface area contributed by atoms with Crippen molar-refractivity contribution < 1.29 is 14.3 Å². The summed E-state index contributed by atoms with van der Waals surface area (Å²) in [5, 5.41) is 9.24. The van der Waals surface area contributed by atoms with E-state index < -0.39 is 11.4 Å². The Bertz CT molecular complexity index is 479. The Labute approximate surface area is 108 Å². The van der Waals surface area contributed by atoms with Gasteiger partial charge < -0.3 is 5.11 Å². The topological polar surface area (TPSA) is 37.3 Å². The van der Waals surface area contributed by atoms with Gasteiger partial charge in [0.15, 0.2) is 0 Å². The van der Waals surface area contributed by atoms with Crippen LogP contribution in [0.2, 0.25) is 0 Å². The van der Waals surface area contributed by atoms with Crippen molar-refractivity contribution in [2.75, 3.05) is 0 Å². The van der Waals surface area contributed by atoms with E-state index in [-0.39, 0.29) is 11.7 Å². The first-order chi connectivity index (χ1) is 7.88. The SMILES string of the molecule is CC(C)c1cc(C2(C(=O)O)CC2)cc(Br)c1F. The summed E-state index contributed by atoms with van der Waals surface area (Å²) >= 11 is 3.17. The molecule has 0 saturated heterocycles. The van der Waals surface area contributed by atoms with Crippen molar-refractivity contribution in [2.24, 2.45) is 0 Å². The monoisotopic (exact) mass is 300 g/mol. The van der Waals surface area contributed by atoms with E-state index in [0.717, 1.165) is 0 Å². The molecule has 1 aromatic rings. The molecule has 1 aliphatic carbocycles. The fraction of sp³-hybridized carbons (Fsp3) is 0.462. The van der Waals surface area contributed by atoms with Crippen molar-refractivity contribution in [3.63, 3.8) is 0 Å². The second kappa shape index (κ2) is 4.09. The zero-order valence-corrected chi connectivity index (χ0v) is 11.3. The molecule has 4 heteroatoms. The number of hydrogen-bond acceptors (Lipinski definition) is 1. The Morgan fingerprint density at radius 3 is 2.47 bits per heavy atom. The molecule has 0 aromatic heterocycles. The minimum atomic E-state index is -0.814. The molecule has 1 aliphatic rings. The van der Waals surface area contributed by atoms with Gasteiger partial charge in [-0.15, -0.1) is 0 Å². The molecule has 0 bridgehead atoms. The highest BCUT2D eigenvalue weighted by molar-refractivity contribution is 9.10. The van der Waals surface area contributed by atoms with Crippen molar-refractivity contribution >= 4 is 21.9 Å². The maximum absolute atomic E-state index is 13.8. The highest BCUT2D eigenvalue weighted by Crippen LogP contribution is 2.49. The molecule has 0 atom stereocenters. The summed E-state index contributed by atoms with van der Waals surface area (Å²) in [6, 6.07) is 3.30. The van der Waals surface area contributed by atoms with Crippen LogP contribution in [0.15, 0.2) is 16.6 Å². The van der Waals surface area contributed by atoms with Gasteiger partial charge in [-0.3, -0.25) is 4.79 Å². The van der Waals surface area contributed by atoms with Gasteiger partial charge in [0, 0.05) is 0 Å². The third-order valence-corrected chi connectivity index (χ3v) is 3.97. The Morgan fingerprint density at radius 2 is 2.06 bits per heavy atom. The van der Waals surface area contributed by atoms with Crippen molar-refractivity contribution in [2.45, 2.75) is 38.0 Å². The van der Waals surface area contributed by atoms with Gasteiger partial charge in [0.1, 0.15) is 5.82 Å². The van der Waals surface area contributed by atoms with Crippen LogP contribution >= 0.6 is 15.9 Å². The highest BCUT2D eigenvalue weighted by atomic mass is 79.9. The lowest BCUT2D eigenvalue weighted by molar-refractivity contribution is -0.140. The van der Waals surface area contributed by atoms with E-state index in [0.29, 0.717) is 28.4 Å². The predicted molar refractivity (Wildman–Crippen MR) is 66.7 cm³/mol. The molecule has 1 saturated carbocycles. The maximum Gasteiger partial charge on any atom is 0.314 e. The van der Waals surface area contributed by atoms with Gasteiger partial charge >= 0.3 is 5.97 Å². The molecular formula is C13H14BrFO2. The second-order valence-electron chi connectivity index (χ2n) is 4.90. The first-order valence-electron chi connectivity index (χ1n) is 5.61. The average molecular weight is 301 g/mol. The fourth-order valence-corrected chi connectivity index (χ4v) is 2.53. The van der Waals surface area contributed by atoms with Crippen LogP contribution in [0.3, 0.4) is 0 Å². The van der Waals surface area contributed by atoms with Crippen LogP contribution in [0.5, 0.6) is 0 Å². The summed E-state index contributed by atoms with van der Waals surface area (Å²) < 4.78 is 14.2. The van der Waals surface area contributed by atoms with E-state index in [2.05, 4.69) is 15.9 Å². The molecule has 0 spiro atoms. The number of benzene rings is 1. The van der Waals surface area contributed by atoms with Crippen molar-refractivity contribution in [3.8, 4) is 0 Å². The standard InChI is InChI=1S/C13H14BrFO2/c1-7(2)9-5-8(6-10(14)11(9)15)13(3-4-13)12(16)17/h5-7H,3-4H2,1-2H3,(H,16,17). The first-order valence-corrected chi connectivity index (χ1v) is 6.40. The van der Waals surface area contributed by atoms with Gasteiger partial charge in [-0.05, 0) is 51.9 Å². The van der Waals surface area contributed by atoms with Gasteiger partial charge in [-0.2, -0.15) is 0 Å². The van der Waals surface area contributed by atoms with Crippen LogP contribution in [0.1, 0.15) is 43.7 Å². The van der Waals surface area contributed by atoms with Crippen LogP contribution in [0.4, 0.5) is 4.39 Å². The molecule has 0 radical (unpaired) electrons. The van der Waals surface area contributed by atoms with E-state index in [1.807, 2.05) is 13.8 Å². The number of carboxylic acid groups (broad SMARTS) is 1. The van der Waals surface area contributed by atoms with Gasteiger partial charge in [0.2, 0.25) is 0 Å². The molecule has 1 aromatic carbocycles. The molecule has 0 aliphatic heterocycles. The van der Waals surface area contributed by atoms with Gasteiger partial charge in [-0.1, -0.05) is 19.9 Å². The number of rotatable bonds is 3. The number of halogens is 2. The number of carboxylic acids is 1. The minimum absolute atomic E-state index is 0.0378. The Balaban J connectivity index is 2.54. The van der Waals surface area contributed by atoms with Gasteiger partial charge in [0.05, 0.1) is 9.89 Å². The van der Waals surface area contributed by atoms with E-state index in [1.165, 1.54) is 0 Å². The maximum atomic E-state index is 13.8. The van der Waals surface area contributed by atoms with E-state index in [9.17, 15) is 14.3 Å². The van der Waals surface area contributed by atoms with E-state index >= 15 is 0 Å². The van der Waals surface area contributed by atoms with E-state index in [4.69, 9.17) is 0 Å². The van der Waals surface area contributed by atoms with Crippen LogP contribution in [-0.4, -0.2) is 11.1 Å². The van der Waals surface area contributed by atoms with Crippen molar-refractivity contribution in [1.82, 2.24) is 0 Å². The molecule has 2 rings (SSSR count). The van der Waals surface area contributed by atoms with Crippen LogP contribution in [0.25, 0.3) is 0 Å². The zero-order chi connectivity index (χ0) is 12.8. The Kier molecular flexibility index (Phi) is 3.02. The number of aliphatic carboxylic acids is 1. The second-order valence-corrected chi connectivity index (χ2v) is 5.76. The van der Waals surface area contributed by atoms with Gasteiger partial charge in [0.25, 0.3) is 0 Å². The average Bonchev–Trinajstić information content (AvgIpc) is 3.02. The normalized spacial score (nSPS) is 17.2. The van der Waals surface area contributed by atoms with E-state index in [1.54, 1.807) is 12.1 Å². The first kappa shape index (κ1) is 12.6.